The van der Waals surface area contributed by atoms with Gasteiger partial charge in [-0.3, -0.25) is 4.79 Å². The van der Waals surface area contributed by atoms with Crippen LogP contribution in [-0.4, -0.2) is 15.5 Å². The van der Waals surface area contributed by atoms with Crippen LogP contribution in [-0.2, 0) is 11.2 Å². The fourth-order valence-corrected chi connectivity index (χ4v) is 2.72. The number of nitrogens with one attached hydrogen (secondary N) is 1. The number of aromatic amines is 1. The molecule has 1 N–H and O–H groups in total. The van der Waals surface area contributed by atoms with E-state index in [1.165, 1.54) is 24.8 Å². The summed E-state index contributed by atoms with van der Waals surface area (Å²) in [6, 6.07) is 6.34. The number of fused-ring (bicyclic) bond motifs is 1. The number of carbonyl (C=O) groups excluding carboxylic acids is 1. The van der Waals surface area contributed by atoms with Gasteiger partial charge < -0.3 is 4.98 Å². The molecule has 0 radical (unpaired) electrons. The zero-order valence-corrected chi connectivity index (χ0v) is 11.9. The van der Waals surface area contributed by atoms with Gasteiger partial charge in [0.15, 0.2) is 5.52 Å². The van der Waals surface area contributed by atoms with Crippen LogP contribution in [0.25, 0.3) is 11.0 Å². The molecule has 1 aromatic heterocycles. The number of H-pyrrole nitrogens is 1. The predicted molar refractivity (Wildman–Crippen MR) is 78.0 cm³/mol. The molecule has 1 aromatic carbocycles. The Hall–Kier alpha value is -1.21. The van der Waals surface area contributed by atoms with Crippen LogP contribution in [0.15, 0.2) is 18.2 Å². The maximum absolute atomic E-state index is 11.1. The number of aryl methyl sites for hydroxylation is 1. The molecule has 18 heavy (non-hydrogen) atoms. The van der Waals surface area contributed by atoms with Gasteiger partial charge in [-0.25, -0.2) is 4.98 Å². The molecule has 2 rings (SSSR count). The van der Waals surface area contributed by atoms with Crippen molar-refractivity contribution in [3.63, 3.8) is 0 Å². The summed E-state index contributed by atoms with van der Waals surface area (Å²) in [6.45, 7) is 3.81. The lowest BCUT2D eigenvalue weighted by molar-refractivity contribution is -0.109. The molecule has 0 amide bonds. The molecule has 0 saturated carbocycles. The summed E-state index contributed by atoms with van der Waals surface area (Å²) in [4.78, 5) is 18.7. The molecular weight excluding hydrogens is 243 g/mol. The third-order valence-electron chi connectivity index (χ3n) is 2.91. The van der Waals surface area contributed by atoms with Gasteiger partial charge in [0, 0.05) is 8.58 Å². The summed E-state index contributed by atoms with van der Waals surface area (Å²) in [5.74, 6) is 0. The lowest BCUT2D eigenvalue weighted by Gasteiger charge is -1.99. The van der Waals surface area contributed by atoms with Gasteiger partial charge >= 0.3 is 0 Å². The number of carbonyl (C=O) groups is 1. The molecule has 0 spiro atoms. The second-order valence-electron chi connectivity index (χ2n) is 4.58. The molecule has 96 valence electrons. The minimum absolute atomic E-state index is 0.136. The zero-order valence-electron chi connectivity index (χ0n) is 10.9. The van der Waals surface area contributed by atoms with Crippen LogP contribution in [0.5, 0.6) is 0 Å². The first-order chi connectivity index (χ1) is 8.69. The smallest absolute Gasteiger partial charge is 0.155 e. The summed E-state index contributed by atoms with van der Waals surface area (Å²) >= 11 is 0. The molecule has 2 aromatic rings. The lowest BCUT2D eigenvalue weighted by Crippen LogP contribution is -2.01. The summed E-state index contributed by atoms with van der Waals surface area (Å²) < 4.78 is 0. The first-order valence-electron chi connectivity index (χ1n) is 6.45. The molecule has 0 aliphatic heterocycles. The molecule has 1 atom stereocenters. The van der Waals surface area contributed by atoms with Gasteiger partial charge in [0.05, 0.1) is 11.0 Å². The number of rotatable bonds is 6. The molecule has 0 bridgehead atoms. The fraction of sp³-hybridized carbons (Fsp3) is 0.429. The van der Waals surface area contributed by atoms with Crippen molar-refractivity contribution in [3.8, 4) is 0 Å². The van der Waals surface area contributed by atoms with Crippen molar-refractivity contribution in [2.45, 2.75) is 39.5 Å². The SMILES string of the molecule is CCCCCc1ccc2nc(PC(C)=O)[nH]c2c1. The van der Waals surface area contributed by atoms with E-state index in [0.717, 1.165) is 23.0 Å². The third-order valence-corrected chi connectivity index (χ3v) is 3.74. The number of unbranched alkanes of at least 4 members (excludes halogenated alkanes) is 2. The largest absolute Gasteiger partial charge is 0.338 e. The average molecular weight is 262 g/mol. The van der Waals surface area contributed by atoms with Crippen molar-refractivity contribution in [1.29, 1.82) is 0 Å². The Morgan fingerprint density at radius 1 is 1.39 bits per heavy atom. The second kappa shape index (κ2) is 6.10. The summed E-state index contributed by atoms with van der Waals surface area (Å²) in [7, 11) is 0.136. The number of hydrogen-bond donors (Lipinski definition) is 1. The van der Waals surface area contributed by atoms with Crippen molar-refractivity contribution in [2.75, 3.05) is 0 Å². The van der Waals surface area contributed by atoms with Gasteiger partial charge in [0.2, 0.25) is 0 Å². The number of imidazole rings is 1. The van der Waals surface area contributed by atoms with Gasteiger partial charge in [-0.2, -0.15) is 0 Å². The van der Waals surface area contributed by atoms with Crippen LogP contribution in [0.4, 0.5) is 0 Å². The van der Waals surface area contributed by atoms with Crippen LogP contribution in [0, 0.1) is 0 Å². The predicted octanol–water partition coefficient (Wildman–Crippen LogP) is 3.15. The topological polar surface area (TPSA) is 45.8 Å². The van der Waals surface area contributed by atoms with Gasteiger partial charge in [0.1, 0.15) is 5.57 Å². The minimum atomic E-state index is 0.136. The number of aromatic nitrogens is 2. The molecule has 0 saturated heterocycles. The van der Waals surface area contributed by atoms with E-state index in [1.54, 1.807) is 6.92 Å². The first-order valence-corrected chi connectivity index (χ1v) is 7.45. The highest BCUT2D eigenvalue weighted by molar-refractivity contribution is 7.64. The molecule has 1 unspecified atom stereocenters. The lowest BCUT2D eigenvalue weighted by atomic mass is 10.1. The highest BCUT2D eigenvalue weighted by Crippen LogP contribution is 2.17. The van der Waals surface area contributed by atoms with E-state index in [4.69, 9.17) is 0 Å². The van der Waals surface area contributed by atoms with Gasteiger partial charge in [-0.1, -0.05) is 25.8 Å². The highest BCUT2D eigenvalue weighted by Gasteiger charge is 2.05. The van der Waals surface area contributed by atoms with Crippen LogP contribution in [0.3, 0.4) is 0 Å². The Morgan fingerprint density at radius 3 is 2.94 bits per heavy atom. The number of hydrogen-bond acceptors (Lipinski definition) is 2. The Kier molecular flexibility index (Phi) is 4.48. The van der Waals surface area contributed by atoms with E-state index in [2.05, 4.69) is 29.0 Å². The molecule has 1 heterocycles. The van der Waals surface area contributed by atoms with Crippen LogP contribution in [0.1, 0.15) is 38.7 Å². The van der Waals surface area contributed by atoms with E-state index in [0.29, 0.717) is 0 Å². The van der Waals surface area contributed by atoms with E-state index in [-0.39, 0.29) is 14.1 Å². The van der Waals surface area contributed by atoms with Gasteiger partial charge in [-0.05, 0) is 37.5 Å². The molecular formula is C14H19N2OP. The maximum Gasteiger partial charge on any atom is 0.155 e. The van der Waals surface area contributed by atoms with Crippen molar-refractivity contribution in [2.24, 2.45) is 0 Å². The van der Waals surface area contributed by atoms with Crippen molar-refractivity contribution >= 4 is 30.7 Å². The summed E-state index contributed by atoms with van der Waals surface area (Å²) in [5, 5.41) is 0. The monoisotopic (exact) mass is 262 g/mol. The normalized spacial score (nSPS) is 11.7. The fourth-order valence-electron chi connectivity index (χ4n) is 2.02. The van der Waals surface area contributed by atoms with E-state index < -0.39 is 0 Å². The standard InChI is InChI=1S/C14H19N2OP/c1-3-4-5-6-11-7-8-12-13(9-11)16-14(15-12)18-10(2)17/h7-9,18H,3-6H2,1-2H3,(H,15,16). The van der Waals surface area contributed by atoms with Crippen LogP contribution < -0.4 is 5.57 Å². The molecule has 4 heteroatoms. The van der Waals surface area contributed by atoms with E-state index in [1.807, 2.05) is 6.07 Å². The van der Waals surface area contributed by atoms with Crippen LogP contribution >= 0.6 is 8.58 Å². The summed E-state index contributed by atoms with van der Waals surface area (Å²) in [6.07, 6.45) is 4.87. The van der Waals surface area contributed by atoms with Gasteiger partial charge in [-0.15, -0.1) is 0 Å². The maximum atomic E-state index is 11.1. The third kappa shape index (κ3) is 3.39. The average Bonchev–Trinajstić information content (AvgIpc) is 2.69. The molecule has 3 nitrogen and oxygen atoms in total. The molecule has 0 aliphatic carbocycles. The Labute approximate surface area is 109 Å². The molecule has 0 fully saturated rings. The second-order valence-corrected chi connectivity index (χ2v) is 6.00. The Balaban J connectivity index is 2.14. The van der Waals surface area contributed by atoms with Crippen molar-refractivity contribution < 1.29 is 4.79 Å². The number of nitrogens with zero attached hydrogens (tertiary/aromatic N) is 1. The Bertz CT molecular complexity index is 548. The minimum Gasteiger partial charge on any atom is -0.338 e. The quantitative estimate of drug-likeness (QED) is 0.642. The summed E-state index contributed by atoms with van der Waals surface area (Å²) in [5.41, 5.74) is 4.31. The highest BCUT2D eigenvalue weighted by atomic mass is 31.1. The van der Waals surface area contributed by atoms with Gasteiger partial charge in [0.25, 0.3) is 0 Å². The molecule has 0 aliphatic rings. The Morgan fingerprint density at radius 2 is 2.22 bits per heavy atom. The van der Waals surface area contributed by atoms with Crippen molar-refractivity contribution in [1.82, 2.24) is 9.97 Å². The number of benzene rings is 1. The first kappa shape index (κ1) is 13.2. The van der Waals surface area contributed by atoms with Crippen molar-refractivity contribution in [3.05, 3.63) is 23.8 Å². The van der Waals surface area contributed by atoms with Crippen LogP contribution in [0.2, 0.25) is 0 Å². The zero-order chi connectivity index (χ0) is 13.0. The van der Waals surface area contributed by atoms with E-state index in [9.17, 15) is 4.79 Å². The van der Waals surface area contributed by atoms with E-state index >= 15 is 0 Å².